The quantitative estimate of drug-likeness (QED) is 0.234. The Balaban J connectivity index is 2.92. The van der Waals surface area contributed by atoms with Crippen molar-refractivity contribution in [3.63, 3.8) is 0 Å². The van der Waals surface area contributed by atoms with Gasteiger partial charge < -0.3 is 36.6 Å². The Morgan fingerprint density at radius 2 is 1.60 bits per heavy atom. The summed E-state index contributed by atoms with van der Waals surface area (Å²) < 4.78 is 0. The molecule has 1 fully saturated rings. The number of carbonyl (C=O) groups excluding carboxylic acids is 3. The van der Waals surface area contributed by atoms with E-state index in [1.165, 1.54) is 18.7 Å². The van der Waals surface area contributed by atoms with Crippen LogP contribution in [0.1, 0.15) is 47.0 Å². The Bertz CT molecular complexity index is 638. The molecule has 1 aliphatic heterocycles. The van der Waals surface area contributed by atoms with Crippen LogP contribution in [0.2, 0.25) is 0 Å². The van der Waals surface area contributed by atoms with E-state index in [2.05, 4.69) is 10.6 Å². The van der Waals surface area contributed by atoms with Crippen molar-refractivity contribution in [1.29, 1.82) is 0 Å². The molecule has 1 aliphatic rings. The highest BCUT2D eigenvalue weighted by Gasteiger charge is 2.41. The summed E-state index contributed by atoms with van der Waals surface area (Å²) in [6.07, 6.45) is -1.39. The van der Waals surface area contributed by atoms with Crippen LogP contribution in [0.15, 0.2) is 0 Å². The SMILES string of the molecule is CC(C)CC(N)C(=O)NC(C(=O)N1CCCC1C(=O)NC(C(=O)O)C(C)O)C(C)O. The molecule has 11 heteroatoms. The van der Waals surface area contributed by atoms with Gasteiger partial charge in [0.15, 0.2) is 6.04 Å². The third-order valence-corrected chi connectivity index (χ3v) is 4.99. The zero-order valence-corrected chi connectivity index (χ0v) is 17.9. The van der Waals surface area contributed by atoms with Crippen molar-refractivity contribution in [3.05, 3.63) is 0 Å². The molecule has 1 saturated heterocycles. The maximum absolute atomic E-state index is 13.0. The van der Waals surface area contributed by atoms with Gasteiger partial charge in [-0.3, -0.25) is 14.4 Å². The highest BCUT2D eigenvalue weighted by molar-refractivity contribution is 5.94. The topological polar surface area (TPSA) is 182 Å². The van der Waals surface area contributed by atoms with Crippen LogP contribution in [-0.4, -0.2) is 86.8 Å². The van der Waals surface area contributed by atoms with Gasteiger partial charge in [-0.15, -0.1) is 0 Å². The second-order valence-electron chi connectivity index (χ2n) is 8.22. The molecule has 0 saturated carbocycles. The van der Waals surface area contributed by atoms with Crippen LogP contribution in [-0.2, 0) is 19.2 Å². The summed E-state index contributed by atoms with van der Waals surface area (Å²) in [6, 6.07) is -4.63. The molecule has 1 rings (SSSR count). The third-order valence-electron chi connectivity index (χ3n) is 4.99. The summed E-state index contributed by atoms with van der Waals surface area (Å²) in [5.74, 6) is -3.20. The molecule has 30 heavy (non-hydrogen) atoms. The lowest BCUT2D eigenvalue weighted by Gasteiger charge is -2.31. The molecule has 0 bridgehead atoms. The standard InChI is InChI=1S/C19H34N4O7/c1-9(2)8-12(20)16(26)21-14(10(3)24)18(28)23-7-5-6-13(23)17(27)22-15(11(4)25)19(29)30/h9-15,24-25H,5-8,20H2,1-4H3,(H,21,26)(H,22,27)(H,29,30). The molecule has 172 valence electrons. The maximum atomic E-state index is 13.0. The average Bonchev–Trinajstić information content (AvgIpc) is 3.11. The van der Waals surface area contributed by atoms with Crippen LogP contribution < -0.4 is 16.4 Å². The summed E-state index contributed by atoms with van der Waals surface area (Å²) in [5, 5.41) is 33.5. The second-order valence-corrected chi connectivity index (χ2v) is 8.22. The first-order chi connectivity index (χ1) is 13.9. The Kier molecular flexibility index (Phi) is 9.66. The summed E-state index contributed by atoms with van der Waals surface area (Å²) in [7, 11) is 0. The Morgan fingerprint density at radius 1 is 1.03 bits per heavy atom. The number of carbonyl (C=O) groups is 4. The molecule has 3 amide bonds. The summed E-state index contributed by atoms with van der Waals surface area (Å²) in [4.78, 5) is 50.3. The normalized spacial score (nSPS) is 21.5. The number of likely N-dealkylation sites (tertiary alicyclic amines) is 1. The molecule has 0 spiro atoms. The molecule has 0 aromatic rings. The van der Waals surface area contributed by atoms with Gasteiger partial charge in [-0.1, -0.05) is 13.8 Å². The fourth-order valence-electron chi connectivity index (χ4n) is 3.38. The lowest BCUT2D eigenvalue weighted by atomic mass is 10.0. The van der Waals surface area contributed by atoms with Gasteiger partial charge in [0.25, 0.3) is 0 Å². The van der Waals surface area contributed by atoms with Gasteiger partial charge in [-0.25, -0.2) is 4.79 Å². The van der Waals surface area contributed by atoms with E-state index in [0.717, 1.165) is 0 Å². The Labute approximate surface area is 176 Å². The lowest BCUT2D eigenvalue weighted by molar-refractivity contribution is -0.147. The molecule has 1 heterocycles. The van der Waals surface area contributed by atoms with Gasteiger partial charge in [-0.05, 0) is 39.0 Å². The van der Waals surface area contributed by atoms with Crippen LogP contribution >= 0.6 is 0 Å². The number of hydrogen-bond acceptors (Lipinski definition) is 7. The molecule has 7 N–H and O–H groups in total. The second kappa shape index (κ2) is 11.2. The summed E-state index contributed by atoms with van der Waals surface area (Å²) >= 11 is 0. The van der Waals surface area contributed by atoms with E-state index in [4.69, 9.17) is 10.8 Å². The van der Waals surface area contributed by atoms with Gasteiger partial charge in [0.1, 0.15) is 12.1 Å². The van der Waals surface area contributed by atoms with Gasteiger partial charge in [0.2, 0.25) is 17.7 Å². The van der Waals surface area contributed by atoms with E-state index in [0.29, 0.717) is 12.8 Å². The monoisotopic (exact) mass is 430 g/mol. The number of nitrogens with two attached hydrogens (primary N) is 1. The first-order valence-electron chi connectivity index (χ1n) is 10.1. The van der Waals surface area contributed by atoms with Crippen molar-refractivity contribution in [1.82, 2.24) is 15.5 Å². The molecular weight excluding hydrogens is 396 g/mol. The van der Waals surface area contributed by atoms with Crippen LogP contribution in [0.4, 0.5) is 0 Å². The molecule has 6 atom stereocenters. The smallest absolute Gasteiger partial charge is 0.328 e. The maximum Gasteiger partial charge on any atom is 0.328 e. The van der Waals surface area contributed by atoms with Crippen LogP contribution in [0.5, 0.6) is 0 Å². The molecule has 0 aromatic heterocycles. The van der Waals surface area contributed by atoms with Crippen molar-refractivity contribution in [2.75, 3.05) is 6.54 Å². The van der Waals surface area contributed by atoms with Crippen molar-refractivity contribution in [2.24, 2.45) is 11.7 Å². The Morgan fingerprint density at radius 3 is 2.07 bits per heavy atom. The number of nitrogens with zero attached hydrogens (tertiary/aromatic N) is 1. The zero-order chi connectivity index (χ0) is 23.2. The fourth-order valence-corrected chi connectivity index (χ4v) is 3.38. The average molecular weight is 431 g/mol. The van der Waals surface area contributed by atoms with E-state index in [9.17, 15) is 29.4 Å². The summed E-state index contributed by atoms with van der Waals surface area (Å²) in [5.41, 5.74) is 5.85. The molecule has 0 aliphatic carbocycles. The number of aliphatic carboxylic acids is 1. The first kappa shape index (κ1) is 25.8. The van der Waals surface area contributed by atoms with Crippen LogP contribution in [0.25, 0.3) is 0 Å². The molecule has 0 radical (unpaired) electrons. The number of carboxylic acids is 1. The number of amides is 3. The van der Waals surface area contributed by atoms with Crippen LogP contribution in [0.3, 0.4) is 0 Å². The molecule has 6 unspecified atom stereocenters. The number of aliphatic hydroxyl groups is 2. The van der Waals surface area contributed by atoms with Gasteiger partial charge in [0.05, 0.1) is 18.2 Å². The minimum absolute atomic E-state index is 0.161. The van der Waals surface area contributed by atoms with E-state index in [-0.39, 0.29) is 18.9 Å². The minimum Gasteiger partial charge on any atom is -0.480 e. The number of aliphatic hydroxyl groups excluding tert-OH is 2. The highest BCUT2D eigenvalue weighted by Crippen LogP contribution is 2.20. The number of rotatable bonds is 10. The predicted octanol–water partition coefficient (Wildman–Crippen LogP) is -1.83. The van der Waals surface area contributed by atoms with Gasteiger partial charge in [0, 0.05) is 6.54 Å². The molecule has 11 nitrogen and oxygen atoms in total. The van der Waals surface area contributed by atoms with Crippen LogP contribution in [0, 0.1) is 5.92 Å². The minimum atomic E-state index is -1.52. The molecular formula is C19H34N4O7. The first-order valence-corrected chi connectivity index (χ1v) is 10.1. The van der Waals surface area contributed by atoms with Crippen molar-refractivity contribution < 1.29 is 34.5 Å². The number of hydrogen-bond donors (Lipinski definition) is 6. The largest absolute Gasteiger partial charge is 0.480 e. The van der Waals surface area contributed by atoms with E-state index in [1.807, 2.05) is 13.8 Å². The number of nitrogens with one attached hydrogen (secondary N) is 2. The van der Waals surface area contributed by atoms with Crippen molar-refractivity contribution in [3.8, 4) is 0 Å². The highest BCUT2D eigenvalue weighted by atomic mass is 16.4. The van der Waals surface area contributed by atoms with E-state index < -0.39 is 60.1 Å². The third kappa shape index (κ3) is 6.92. The van der Waals surface area contributed by atoms with Crippen molar-refractivity contribution >= 4 is 23.7 Å². The van der Waals surface area contributed by atoms with E-state index >= 15 is 0 Å². The fraction of sp³-hybridized carbons (Fsp3) is 0.789. The molecule has 0 aromatic carbocycles. The van der Waals surface area contributed by atoms with Gasteiger partial charge in [-0.2, -0.15) is 0 Å². The number of carboxylic acid groups (broad SMARTS) is 1. The lowest BCUT2D eigenvalue weighted by Crippen LogP contribution is -2.60. The van der Waals surface area contributed by atoms with Gasteiger partial charge >= 0.3 is 5.97 Å². The Hall–Kier alpha value is -2.24. The predicted molar refractivity (Wildman–Crippen MR) is 107 cm³/mol. The summed E-state index contributed by atoms with van der Waals surface area (Å²) in [6.45, 7) is 6.58. The van der Waals surface area contributed by atoms with E-state index in [1.54, 1.807) is 0 Å². The van der Waals surface area contributed by atoms with Crippen molar-refractivity contribution in [2.45, 2.75) is 83.3 Å². The zero-order valence-electron chi connectivity index (χ0n) is 17.9.